The molecule has 0 aromatic heterocycles. The molecule has 66 valence electrons. The highest BCUT2D eigenvalue weighted by Gasteiger charge is 2.22. The van der Waals surface area contributed by atoms with Crippen molar-refractivity contribution in [1.29, 1.82) is 0 Å². The Morgan fingerprint density at radius 1 is 1.27 bits per heavy atom. The van der Waals surface area contributed by atoms with Gasteiger partial charge in [0.1, 0.15) is 0 Å². The van der Waals surface area contributed by atoms with Gasteiger partial charge in [0, 0.05) is 6.61 Å². The number of rotatable bonds is 0. The minimum Gasteiger partial charge on any atom is -0.376 e. The van der Waals surface area contributed by atoms with Crippen LogP contribution in [-0.2, 0) is 4.74 Å². The number of hydrogen-bond acceptors (Lipinski definition) is 1. The van der Waals surface area contributed by atoms with Gasteiger partial charge in [-0.1, -0.05) is 0 Å². The van der Waals surface area contributed by atoms with Gasteiger partial charge in [0.05, 0.1) is 5.60 Å². The molecule has 0 bridgehead atoms. The van der Waals surface area contributed by atoms with E-state index in [0.29, 0.717) is 0 Å². The van der Waals surface area contributed by atoms with Crippen molar-refractivity contribution in [3.63, 3.8) is 0 Å². The van der Waals surface area contributed by atoms with Gasteiger partial charge in [-0.05, 0) is 26.7 Å². The van der Waals surface area contributed by atoms with Gasteiger partial charge in [-0.3, -0.25) is 12.9 Å². The Kier molecular flexibility index (Phi) is 4.57. The lowest BCUT2D eigenvalue weighted by atomic mass is 10.1. The van der Waals surface area contributed by atoms with E-state index in [4.69, 9.17) is 4.74 Å². The molecule has 0 aromatic carbocycles. The van der Waals surface area contributed by atoms with Gasteiger partial charge in [0.15, 0.2) is 0 Å². The molecule has 0 aliphatic carbocycles. The average molecular weight is 168 g/mol. The van der Waals surface area contributed by atoms with E-state index in [0.717, 1.165) is 6.61 Å². The van der Waals surface area contributed by atoms with Crippen LogP contribution in [-0.4, -0.2) is 19.8 Å². The molecule has 11 heavy (non-hydrogen) atoms. The van der Waals surface area contributed by atoms with Crippen LogP contribution in [0.2, 0.25) is 0 Å². The summed E-state index contributed by atoms with van der Waals surface area (Å²) in [6.07, 6.45) is 2.47. The van der Waals surface area contributed by atoms with E-state index in [9.17, 15) is 12.9 Å². The van der Waals surface area contributed by atoms with Crippen LogP contribution >= 0.6 is 0 Å². The van der Waals surface area contributed by atoms with E-state index < -0.39 is 7.54 Å². The number of hydrogen-bond donors (Lipinski definition) is 0. The topological polar surface area (TPSA) is 9.23 Å². The summed E-state index contributed by atoms with van der Waals surface area (Å²) in [6, 6.07) is 0. The summed E-state index contributed by atoms with van der Waals surface area (Å²) in [7, 11) is -3.67. The number of halogens is 3. The summed E-state index contributed by atoms with van der Waals surface area (Å²) >= 11 is 0. The van der Waals surface area contributed by atoms with Gasteiger partial charge in [-0.25, -0.2) is 0 Å². The highest BCUT2D eigenvalue weighted by atomic mass is 19.4. The Balaban J connectivity index is 0.000000218. The van der Waals surface area contributed by atoms with Crippen molar-refractivity contribution in [3.05, 3.63) is 0 Å². The molecule has 0 aromatic rings. The van der Waals surface area contributed by atoms with Gasteiger partial charge < -0.3 is 4.74 Å². The van der Waals surface area contributed by atoms with Gasteiger partial charge >= 0.3 is 7.54 Å². The largest absolute Gasteiger partial charge is 0.762 e. The molecule has 1 rings (SSSR count). The lowest BCUT2D eigenvalue weighted by Crippen LogP contribution is -2.15. The van der Waals surface area contributed by atoms with Crippen molar-refractivity contribution in [2.45, 2.75) is 32.3 Å². The normalized spacial score (nSPS) is 20.5. The van der Waals surface area contributed by atoms with Crippen LogP contribution in [0.1, 0.15) is 26.7 Å². The summed E-state index contributed by atoms with van der Waals surface area (Å²) in [5.41, 5.74) is 0.194. The van der Waals surface area contributed by atoms with Crippen LogP contribution in [0.4, 0.5) is 12.9 Å². The molecule has 1 aliphatic rings. The Morgan fingerprint density at radius 3 is 1.82 bits per heavy atom. The van der Waals surface area contributed by atoms with E-state index in [-0.39, 0.29) is 5.60 Å². The van der Waals surface area contributed by atoms with E-state index in [2.05, 4.69) is 13.8 Å². The monoisotopic (exact) mass is 168 g/mol. The summed E-state index contributed by atoms with van der Waals surface area (Å²) in [5, 5.41) is 0. The third kappa shape index (κ3) is 7.71. The Bertz CT molecular complexity index is 97.2. The van der Waals surface area contributed by atoms with Crippen LogP contribution < -0.4 is 0 Å². The number of ether oxygens (including phenoxy) is 1. The second-order valence-corrected chi connectivity index (χ2v) is 2.96. The standard InChI is InChI=1S/C6H12O.BF3/c1-6(2)4-3-5-7-6;2-1(3)4/h3-5H2,1-2H3;. The smallest absolute Gasteiger partial charge is 0.376 e. The quantitative estimate of drug-likeness (QED) is 0.504. The molecular formula is C6H12BF3O. The maximum atomic E-state index is 9.67. The van der Waals surface area contributed by atoms with Crippen molar-refractivity contribution in [1.82, 2.24) is 0 Å². The predicted molar refractivity (Wildman–Crippen MR) is 38.3 cm³/mol. The van der Waals surface area contributed by atoms with Crippen molar-refractivity contribution in [3.8, 4) is 0 Å². The summed E-state index contributed by atoms with van der Waals surface area (Å²) in [6.45, 7) is 5.24. The highest BCUT2D eigenvalue weighted by Crippen LogP contribution is 2.22. The van der Waals surface area contributed by atoms with Gasteiger partial charge in [0.25, 0.3) is 0 Å². The molecule has 1 nitrogen and oxygen atoms in total. The average Bonchev–Trinajstić information content (AvgIpc) is 2.11. The molecule has 0 saturated carbocycles. The zero-order valence-electron chi connectivity index (χ0n) is 6.74. The van der Waals surface area contributed by atoms with Gasteiger partial charge in [-0.15, -0.1) is 0 Å². The molecule has 1 saturated heterocycles. The third-order valence-electron chi connectivity index (χ3n) is 1.42. The molecule has 0 spiro atoms. The summed E-state index contributed by atoms with van der Waals surface area (Å²) in [4.78, 5) is 0. The fraction of sp³-hybridized carbons (Fsp3) is 1.00. The molecular weight excluding hydrogens is 156 g/mol. The SMILES string of the molecule is CC1(C)CCCO1.FB(F)F. The van der Waals surface area contributed by atoms with Crippen molar-refractivity contribution >= 4 is 7.54 Å². The maximum Gasteiger partial charge on any atom is 0.762 e. The molecule has 0 unspecified atom stereocenters. The first-order chi connectivity index (χ1) is 4.94. The molecule has 1 heterocycles. The van der Waals surface area contributed by atoms with Crippen molar-refractivity contribution in [2.24, 2.45) is 0 Å². The molecule has 1 fully saturated rings. The maximum absolute atomic E-state index is 9.67. The zero-order valence-corrected chi connectivity index (χ0v) is 6.74. The first-order valence-electron chi connectivity index (χ1n) is 3.50. The van der Waals surface area contributed by atoms with Crippen molar-refractivity contribution in [2.75, 3.05) is 6.61 Å². The Hall–Kier alpha value is -0.185. The first kappa shape index (κ1) is 10.8. The van der Waals surface area contributed by atoms with Crippen LogP contribution in [0.15, 0.2) is 0 Å². The van der Waals surface area contributed by atoms with Gasteiger partial charge in [0.2, 0.25) is 0 Å². The Morgan fingerprint density at radius 2 is 1.73 bits per heavy atom. The molecule has 0 atom stereocenters. The lowest BCUT2D eigenvalue weighted by Gasteiger charge is -2.14. The summed E-state index contributed by atoms with van der Waals surface area (Å²) in [5.74, 6) is 0. The molecule has 5 heteroatoms. The summed E-state index contributed by atoms with van der Waals surface area (Å²) < 4.78 is 34.3. The zero-order chi connectivity index (χ0) is 8.91. The molecule has 0 N–H and O–H groups in total. The van der Waals surface area contributed by atoms with Crippen LogP contribution in [0.25, 0.3) is 0 Å². The fourth-order valence-corrected chi connectivity index (χ4v) is 0.919. The van der Waals surface area contributed by atoms with Crippen LogP contribution in [0.5, 0.6) is 0 Å². The van der Waals surface area contributed by atoms with E-state index in [1.165, 1.54) is 12.8 Å². The molecule has 1 aliphatic heterocycles. The van der Waals surface area contributed by atoms with Crippen molar-refractivity contribution < 1.29 is 17.7 Å². The first-order valence-corrected chi connectivity index (χ1v) is 3.50. The highest BCUT2D eigenvalue weighted by molar-refractivity contribution is 6.33. The third-order valence-corrected chi connectivity index (χ3v) is 1.42. The van der Waals surface area contributed by atoms with E-state index in [1.54, 1.807) is 0 Å². The van der Waals surface area contributed by atoms with Crippen LogP contribution in [0, 0.1) is 0 Å². The predicted octanol–water partition coefficient (Wildman–Crippen LogP) is 2.46. The second kappa shape index (κ2) is 4.64. The Labute approximate surface area is 65.1 Å². The minimum absolute atomic E-state index is 0.194. The van der Waals surface area contributed by atoms with E-state index in [1.807, 2.05) is 0 Å². The second-order valence-electron chi connectivity index (χ2n) is 2.96. The molecule has 0 radical (unpaired) electrons. The lowest BCUT2D eigenvalue weighted by molar-refractivity contribution is 0.0367. The molecule has 0 amide bonds. The minimum atomic E-state index is -3.67. The fourth-order valence-electron chi connectivity index (χ4n) is 0.919. The van der Waals surface area contributed by atoms with Crippen LogP contribution in [0.3, 0.4) is 0 Å². The van der Waals surface area contributed by atoms with Gasteiger partial charge in [-0.2, -0.15) is 0 Å². The van der Waals surface area contributed by atoms with E-state index >= 15 is 0 Å².